The molecule has 0 amide bonds. The van der Waals surface area contributed by atoms with E-state index in [2.05, 4.69) is 66.3 Å². The van der Waals surface area contributed by atoms with Crippen LogP contribution in [0.3, 0.4) is 0 Å². The molecule has 0 saturated heterocycles. The van der Waals surface area contributed by atoms with E-state index in [1.54, 1.807) is 0 Å². The second-order valence-corrected chi connectivity index (χ2v) is 8.42. The number of rotatable bonds is 2. The Hall–Kier alpha value is -0.860. The lowest BCUT2D eigenvalue weighted by molar-refractivity contribution is -0.253. The number of aryl methyl sites for hydroxylation is 1. The quantitative estimate of drug-likeness (QED) is 0.600. The molecule has 1 aromatic rings. The fourth-order valence-electron chi connectivity index (χ4n) is 4.16. The molecule has 0 fully saturated rings. The van der Waals surface area contributed by atoms with Gasteiger partial charge in [0, 0.05) is 0 Å². The molecule has 0 spiro atoms. The van der Waals surface area contributed by atoms with Crippen LogP contribution in [0.5, 0.6) is 0 Å². The normalized spacial score (nSPS) is 22.0. The van der Waals surface area contributed by atoms with Gasteiger partial charge in [-0.15, -0.1) is 0 Å². The van der Waals surface area contributed by atoms with Crippen LogP contribution in [-0.4, -0.2) is 5.26 Å². The Balaban J connectivity index is 2.79. The zero-order chi connectivity index (χ0) is 16.2. The lowest BCUT2D eigenvalue weighted by atomic mass is 9.46. The van der Waals surface area contributed by atoms with Crippen LogP contribution >= 0.6 is 0 Å². The van der Waals surface area contributed by atoms with E-state index < -0.39 is 0 Å². The minimum absolute atomic E-state index is 0.0738. The second kappa shape index (κ2) is 4.82. The van der Waals surface area contributed by atoms with Crippen molar-refractivity contribution in [2.45, 2.75) is 73.8 Å². The van der Waals surface area contributed by atoms with Crippen LogP contribution in [-0.2, 0) is 23.3 Å². The molecule has 1 aromatic carbocycles. The molecule has 0 bridgehead atoms. The molecule has 1 aliphatic carbocycles. The Morgan fingerprint density at radius 2 is 1.67 bits per heavy atom. The average molecular weight is 290 g/mol. The molecule has 2 nitrogen and oxygen atoms in total. The smallest absolute Gasteiger partial charge is 0.107 e. The number of hydrogen-bond donors (Lipinski definition) is 1. The Morgan fingerprint density at radius 3 is 2.19 bits per heavy atom. The summed E-state index contributed by atoms with van der Waals surface area (Å²) >= 11 is 0. The Labute approximate surface area is 129 Å². The molecular weight excluding hydrogens is 260 g/mol. The molecule has 0 aromatic heterocycles. The van der Waals surface area contributed by atoms with Gasteiger partial charge < -0.3 is 0 Å². The Bertz CT molecular complexity index is 565. The minimum Gasteiger partial charge on any atom is -0.251 e. The predicted molar refractivity (Wildman–Crippen MR) is 87.6 cm³/mol. The predicted octanol–water partition coefficient (Wildman–Crippen LogP) is 5.18. The van der Waals surface area contributed by atoms with E-state index in [0.717, 1.165) is 12.0 Å². The summed E-state index contributed by atoms with van der Waals surface area (Å²) in [5, 5.41) is 8.85. The van der Waals surface area contributed by atoms with Crippen LogP contribution in [0.1, 0.15) is 69.4 Å². The molecule has 118 valence electrons. The molecule has 2 rings (SSSR count). The van der Waals surface area contributed by atoms with Crippen molar-refractivity contribution in [1.29, 1.82) is 0 Å². The lowest BCUT2D eigenvalue weighted by Gasteiger charge is -2.58. The molecule has 0 saturated carbocycles. The van der Waals surface area contributed by atoms with Gasteiger partial charge in [-0.3, -0.25) is 5.26 Å². The third kappa shape index (κ3) is 2.15. The van der Waals surface area contributed by atoms with Gasteiger partial charge in [-0.05, 0) is 64.3 Å². The first kappa shape index (κ1) is 16.5. The van der Waals surface area contributed by atoms with E-state index in [0.29, 0.717) is 0 Å². The second-order valence-electron chi connectivity index (χ2n) is 8.42. The van der Waals surface area contributed by atoms with Crippen molar-refractivity contribution >= 4 is 0 Å². The van der Waals surface area contributed by atoms with E-state index in [9.17, 15) is 0 Å². The van der Waals surface area contributed by atoms with E-state index in [-0.39, 0.29) is 22.9 Å². The molecular formula is C19H30O2. The lowest BCUT2D eigenvalue weighted by Crippen LogP contribution is -2.52. The molecule has 0 aliphatic heterocycles. The van der Waals surface area contributed by atoms with Gasteiger partial charge in [0.05, 0.1) is 0 Å². The van der Waals surface area contributed by atoms with E-state index >= 15 is 0 Å². The summed E-state index contributed by atoms with van der Waals surface area (Å²) < 4.78 is 0. The standard InChI is InChI=1S/C19H30O2/c1-12-9-14(11-21-20)13(2)16-15(12)10-17(3,4)19(7,8)18(16,5)6/h9,20H,10-11H2,1-8H3. The first-order valence-electron chi connectivity index (χ1n) is 7.86. The number of benzene rings is 1. The summed E-state index contributed by atoms with van der Waals surface area (Å²) in [5.41, 5.74) is 7.14. The monoisotopic (exact) mass is 290 g/mol. The third-order valence-corrected chi connectivity index (χ3v) is 6.74. The van der Waals surface area contributed by atoms with Crippen LogP contribution in [0.25, 0.3) is 0 Å². The van der Waals surface area contributed by atoms with Crippen molar-refractivity contribution in [1.82, 2.24) is 0 Å². The van der Waals surface area contributed by atoms with Crippen molar-refractivity contribution in [3.8, 4) is 0 Å². The van der Waals surface area contributed by atoms with Crippen molar-refractivity contribution < 1.29 is 10.1 Å². The van der Waals surface area contributed by atoms with E-state index in [1.807, 2.05) is 0 Å². The largest absolute Gasteiger partial charge is 0.251 e. The summed E-state index contributed by atoms with van der Waals surface area (Å²) in [6.07, 6.45) is 1.10. The minimum atomic E-state index is 0.0738. The van der Waals surface area contributed by atoms with Gasteiger partial charge >= 0.3 is 0 Å². The van der Waals surface area contributed by atoms with Gasteiger partial charge in [0.2, 0.25) is 0 Å². The zero-order valence-corrected chi connectivity index (χ0v) is 14.8. The maximum Gasteiger partial charge on any atom is 0.107 e. The summed E-state index contributed by atoms with van der Waals surface area (Å²) in [4.78, 5) is 4.42. The number of hydrogen-bond acceptors (Lipinski definition) is 2. The highest BCUT2D eigenvalue weighted by Crippen LogP contribution is 2.59. The Morgan fingerprint density at radius 1 is 1.10 bits per heavy atom. The zero-order valence-electron chi connectivity index (χ0n) is 14.8. The molecule has 1 aliphatic rings. The van der Waals surface area contributed by atoms with Crippen molar-refractivity contribution in [2.75, 3.05) is 0 Å². The van der Waals surface area contributed by atoms with Crippen LogP contribution in [0, 0.1) is 24.7 Å². The van der Waals surface area contributed by atoms with Gasteiger partial charge in [0.25, 0.3) is 0 Å². The summed E-state index contributed by atoms with van der Waals surface area (Å²) in [7, 11) is 0. The molecule has 0 unspecified atom stereocenters. The fourth-order valence-corrected chi connectivity index (χ4v) is 4.16. The van der Waals surface area contributed by atoms with Gasteiger partial charge in [-0.1, -0.05) is 47.6 Å². The van der Waals surface area contributed by atoms with Crippen molar-refractivity contribution in [2.24, 2.45) is 10.8 Å². The average Bonchev–Trinajstić information content (AvgIpc) is 2.33. The maximum atomic E-state index is 8.85. The van der Waals surface area contributed by atoms with Crippen LogP contribution in [0.2, 0.25) is 0 Å². The topological polar surface area (TPSA) is 29.5 Å². The highest BCUT2D eigenvalue weighted by molar-refractivity contribution is 5.52. The summed E-state index contributed by atoms with van der Waals surface area (Å²) in [6.45, 7) is 18.9. The fraction of sp³-hybridized carbons (Fsp3) is 0.684. The molecule has 1 N–H and O–H groups in total. The van der Waals surface area contributed by atoms with Crippen molar-refractivity contribution in [3.63, 3.8) is 0 Å². The van der Waals surface area contributed by atoms with Crippen LogP contribution in [0.15, 0.2) is 6.07 Å². The van der Waals surface area contributed by atoms with Gasteiger partial charge in [-0.2, -0.15) is 0 Å². The first-order valence-corrected chi connectivity index (χ1v) is 7.86. The molecule has 0 heterocycles. The van der Waals surface area contributed by atoms with Crippen molar-refractivity contribution in [3.05, 3.63) is 33.9 Å². The van der Waals surface area contributed by atoms with Gasteiger partial charge in [0.1, 0.15) is 6.61 Å². The van der Waals surface area contributed by atoms with Crippen LogP contribution in [0.4, 0.5) is 0 Å². The summed E-state index contributed by atoms with van der Waals surface area (Å²) in [5.74, 6) is 0. The highest BCUT2D eigenvalue weighted by Gasteiger charge is 2.53. The first-order chi connectivity index (χ1) is 9.47. The SMILES string of the molecule is Cc1cc(COO)c(C)c2c1CC(C)(C)C(C)(C)C2(C)C. The maximum absolute atomic E-state index is 8.85. The van der Waals surface area contributed by atoms with E-state index in [1.165, 1.54) is 22.3 Å². The molecule has 0 radical (unpaired) electrons. The van der Waals surface area contributed by atoms with Gasteiger partial charge in [-0.25, -0.2) is 4.89 Å². The Kier molecular flexibility index (Phi) is 3.79. The highest BCUT2D eigenvalue weighted by atomic mass is 17.1. The number of fused-ring (bicyclic) bond motifs is 1. The molecule has 2 heteroatoms. The summed E-state index contributed by atoms with van der Waals surface area (Å²) in [6, 6.07) is 2.18. The molecule has 0 atom stereocenters. The van der Waals surface area contributed by atoms with E-state index in [4.69, 9.17) is 5.26 Å². The van der Waals surface area contributed by atoms with Gasteiger partial charge in [0.15, 0.2) is 0 Å². The van der Waals surface area contributed by atoms with Crippen LogP contribution < -0.4 is 0 Å². The molecule has 21 heavy (non-hydrogen) atoms. The third-order valence-electron chi connectivity index (χ3n) is 6.74.